The summed E-state index contributed by atoms with van der Waals surface area (Å²) in [5.74, 6) is 0. The van der Waals surface area contributed by atoms with E-state index >= 15 is 0 Å². The number of benzene rings is 8. The molecule has 0 aliphatic heterocycles. The summed E-state index contributed by atoms with van der Waals surface area (Å²) in [6.07, 6.45) is 0. The van der Waals surface area contributed by atoms with Crippen molar-refractivity contribution in [3.63, 3.8) is 0 Å². The number of hydrogen-bond acceptors (Lipinski definition) is 4. The molecule has 0 N–H and O–H groups in total. The van der Waals surface area contributed by atoms with Gasteiger partial charge in [-0.2, -0.15) is 0 Å². The fourth-order valence-corrected chi connectivity index (χ4v) is 8.64. The first-order chi connectivity index (χ1) is 28.2. The highest BCUT2D eigenvalue weighted by molar-refractivity contribution is 6.22. The number of furan rings is 1. The quantitative estimate of drug-likeness (QED) is 0.170. The van der Waals surface area contributed by atoms with Crippen LogP contribution in [0.2, 0.25) is 0 Å². The lowest BCUT2D eigenvalue weighted by molar-refractivity contribution is 0.669. The van der Waals surface area contributed by atoms with Gasteiger partial charge in [-0.15, -0.1) is 0 Å². The Morgan fingerprint density at radius 3 is 1.68 bits per heavy atom. The van der Waals surface area contributed by atoms with Crippen molar-refractivity contribution < 1.29 is 4.42 Å². The minimum Gasteiger partial charge on any atom is -0.454 e. The van der Waals surface area contributed by atoms with E-state index in [2.05, 4.69) is 158 Å². The predicted molar refractivity (Wildman–Crippen MR) is 236 cm³/mol. The third-order valence-corrected chi connectivity index (χ3v) is 11.4. The highest BCUT2D eigenvalue weighted by Gasteiger charge is 2.19. The summed E-state index contributed by atoms with van der Waals surface area (Å²) in [6.45, 7) is 0. The summed E-state index contributed by atoms with van der Waals surface area (Å²) in [7, 11) is 0. The maximum atomic E-state index is 6.68. The van der Waals surface area contributed by atoms with Crippen LogP contribution in [0, 0.1) is 0 Å². The van der Waals surface area contributed by atoms with E-state index in [0.717, 1.165) is 94.0 Å². The SMILES string of the molecule is c1ccc(-c2ccc3ccc4ccc(-c5ccc(-c6nc7ccc(-c8cc9ccccc9c9ccccc89)cc7c7c6oc6ccccc67)cc5)nc4c3n2)cc1. The van der Waals surface area contributed by atoms with Gasteiger partial charge in [0.05, 0.1) is 27.9 Å². The summed E-state index contributed by atoms with van der Waals surface area (Å²) in [5.41, 5.74) is 12.4. The molecule has 0 atom stereocenters. The number of para-hydroxylation sites is 1. The molecule has 0 radical (unpaired) electrons. The van der Waals surface area contributed by atoms with Gasteiger partial charge in [-0.05, 0) is 69.1 Å². The molecule has 57 heavy (non-hydrogen) atoms. The summed E-state index contributed by atoms with van der Waals surface area (Å²) in [5, 5.41) is 10.3. The second-order valence-electron chi connectivity index (χ2n) is 14.7. The van der Waals surface area contributed by atoms with Crippen molar-refractivity contribution in [1.82, 2.24) is 15.0 Å². The largest absolute Gasteiger partial charge is 0.454 e. The van der Waals surface area contributed by atoms with E-state index in [1.807, 2.05) is 30.3 Å². The third-order valence-electron chi connectivity index (χ3n) is 11.4. The van der Waals surface area contributed by atoms with Crippen LogP contribution in [0.1, 0.15) is 0 Å². The zero-order valence-electron chi connectivity index (χ0n) is 30.6. The second-order valence-corrected chi connectivity index (χ2v) is 14.7. The summed E-state index contributed by atoms with van der Waals surface area (Å²) >= 11 is 0. The van der Waals surface area contributed by atoms with E-state index in [0.29, 0.717) is 0 Å². The molecule has 12 aromatic rings. The van der Waals surface area contributed by atoms with Crippen LogP contribution in [0.3, 0.4) is 0 Å². The number of rotatable bonds is 4. The summed E-state index contributed by atoms with van der Waals surface area (Å²) in [6, 6.07) is 66.1. The Balaban J connectivity index is 0.990. The molecule has 4 nitrogen and oxygen atoms in total. The molecule has 4 heteroatoms. The molecule has 0 aliphatic carbocycles. The van der Waals surface area contributed by atoms with Crippen LogP contribution in [-0.4, -0.2) is 15.0 Å². The van der Waals surface area contributed by atoms with E-state index in [9.17, 15) is 0 Å². The van der Waals surface area contributed by atoms with Crippen molar-refractivity contribution in [3.8, 4) is 44.9 Å². The van der Waals surface area contributed by atoms with Crippen molar-refractivity contribution in [1.29, 1.82) is 0 Å². The van der Waals surface area contributed by atoms with Crippen LogP contribution in [-0.2, 0) is 0 Å². The molecule has 0 spiro atoms. The first kappa shape index (κ1) is 31.6. The summed E-state index contributed by atoms with van der Waals surface area (Å²) < 4.78 is 6.68. The molecule has 8 aromatic carbocycles. The molecular weight excluding hydrogens is 695 g/mol. The van der Waals surface area contributed by atoms with Crippen LogP contribution in [0.15, 0.2) is 192 Å². The Morgan fingerprint density at radius 2 is 0.930 bits per heavy atom. The van der Waals surface area contributed by atoms with Crippen LogP contribution in [0.4, 0.5) is 0 Å². The van der Waals surface area contributed by atoms with Crippen molar-refractivity contribution in [2.45, 2.75) is 0 Å². The predicted octanol–water partition coefficient (Wildman–Crippen LogP) is 14.2. The van der Waals surface area contributed by atoms with Crippen LogP contribution in [0.25, 0.3) is 121 Å². The Bertz CT molecular complexity index is 3570. The Kier molecular flexibility index (Phi) is 6.89. The molecule has 0 unspecified atom stereocenters. The van der Waals surface area contributed by atoms with Gasteiger partial charge in [-0.1, -0.05) is 152 Å². The standard InChI is InChI=1S/C53H31N3O/c1-2-10-32(11-3-1)45-27-24-34-22-23-35-25-28-46(55-51(35)50(34)54-45)33-18-20-36(21-19-33)52-53-49(42-16-8-9-17-48(42)57-53)44-31-38(26-29-47(44)56-52)43-30-37-12-4-5-13-39(37)40-14-6-7-15-41(40)43/h1-31H. The monoisotopic (exact) mass is 725 g/mol. The lowest BCUT2D eigenvalue weighted by Gasteiger charge is -2.13. The van der Waals surface area contributed by atoms with E-state index in [-0.39, 0.29) is 0 Å². The molecule has 264 valence electrons. The molecular formula is C53H31N3O. The van der Waals surface area contributed by atoms with E-state index in [1.165, 1.54) is 27.1 Å². The number of nitrogens with zero attached hydrogens (tertiary/aromatic N) is 3. The third kappa shape index (κ3) is 5.04. The Labute approximate surface area is 327 Å². The first-order valence-corrected chi connectivity index (χ1v) is 19.3. The molecule has 0 bridgehead atoms. The Morgan fingerprint density at radius 1 is 0.351 bits per heavy atom. The fourth-order valence-electron chi connectivity index (χ4n) is 8.64. The lowest BCUT2D eigenvalue weighted by Crippen LogP contribution is -1.92. The molecule has 0 aliphatic rings. The van der Waals surface area contributed by atoms with Crippen molar-refractivity contribution in [2.24, 2.45) is 0 Å². The van der Waals surface area contributed by atoms with Crippen molar-refractivity contribution >= 4 is 76.2 Å². The maximum absolute atomic E-state index is 6.68. The van der Waals surface area contributed by atoms with E-state index in [1.54, 1.807) is 0 Å². The van der Waals surface area contributed by atoms with Crippen LogP contribution in [0.5, 0.6) is 0 Å². The minimum absolute atomic E-state index is 0.785. The fraction of sp³-hybridized carbons (Fsp3) is 0. The minimum atomic E-state index is 0.785. The molecule has 4 heterocycles. The molecule has 0 saturated heterocycles. The first-order valence-electron chi connectivity index (χ1n) is 19.3. The zero-order chi connectivity index (χ0) is 37.5. The molecule has 0 amide bonds. The van der Waals surface area contributed by atoms with Gasteiger partial charge >= 0.3 is 0 Å². The maximum Gasteiger partial charge on any atom is 0.162 e. The van der Waals surface area contributed by atoms with Crippen LogP contribution >= 0.6 is 0 Å². The second kappa shape index (κ2) is 12.4. The number of hydrogen-bond donors (Lipinski definition) is 0. The normalized spacial score (nSPS) is 11.9. The van der Waals surface area contributed by atoms with Gasteiger partial charge in [0.2, 0.25) is 0 Å². The lowest BCUT2D eigenvalue weighted by atomic mass is 9.92. The molecule has 0 saturated carbocycles. The Hall–Kier alpha value is -7.69. The van der Waals surface area contributed by atoms with Gasteiger partial charge in [0, 0.05) is 43.6 Å². The zero-order valence-corrected chi connectivity index (χ0v) is 30.6. The molecule has 12 rings (SSSR count). The van der Waals surface area contributed by atoms with Gasteiger partial charge in [0.25, 0.3) is 0 Å². The van der Waals surface area contributed by atoms with Crippen molar-refractivity contribution in [3.05, 3.63) is 188 Å². The van der Waals surface area contributed by atoms with Crippen LogP contribution < -0.4 is 0 Å². The summed E-state index contributed by atoms with van der Waals surface area (Å²) in [4.78, 5) is 15.6. The van der Waals surface area contributed by atoms with E-state index in [4.69, 9.17) is 19.4 Å². The highest BCUT2D eigenvalue weighted by atomic mass is 16.3. The average Bonchev–Trinajstić information content (AvgIpc) is 3.68. The van der Waals surface area contributed by atoms with Gasteiger partial charge in [0.1, 0.15) is 11.3 Å². The van der Waals surface area contributed by atoms with Gasteiger partial charge < -0.3 is 4.42 Å². The van der Waals surface area contributed by atoms with E-state index < -0.39 is 0 Å². The average molecular weight is 726 g/mol. The van der Waals surface area contributed by atoms with Gasteiger partial charge in [-0.3, -0.25) is 0 Å². The van der Waals surface area contributed by atoms with Gasteiger partial charge in [0.15, 0.2) is 5.58 Å². The number of pyridine rings is 3. The molecule has 0 fully saturated rings. The highest BCUT2D eigenvalue weighted by Crippen LogP contribution is 2.42. The number of fused-ring (bicyclic) bond motifs is 11. The topological polar surface area (TPSA) is 51.8 Å². The van der Waals surface area contributed by atoms with Gasteiger partial charge in [-0.25, -0.2) is 15.0 Å². The number of aromatic nitrogens is 3. The smallest absolute Gasteiger partial charge is 0.162 e. The van der Waals surface area contributed by atoms with Crippen molar-refractivity contribution in [2.75, 3.05) is 0 Å². The molecule has 4 aromatic heterocycles.